The maximum absolute atomic E-state index is 5.97. The summed E-state index contributed by atoms with van der Waals surface area (Å²) in [5, 5.41) is 4.23. The van der Waals surface area contributed by atoms with E-state index in [1.807, 2.05) is 12.1 Å². The van der Waals surface area contributed by atoms with Crippen LogP contribution in [0.5, 0.6) is 0 Å². The molecule has 0 bridgehead atoms. The van der Waals surface area contributed by atoms with Crippen molar-refractivity contribution in [3.63, 3.8) is 0 Å². The van der Waals surface area contributed by atoms with Gasteiger partial charge in [0.2, 0.25) is 5.89 Å². The van der Waals surface area contributed by atoms with E-state index >= 15 is 0 Å². The Morgan fingerprint density at radius 2 is 1.83 bits per heavy atom. The van der Waals surface area contributed by atoms with Crippen molar-refractivity contribution in [2.24, 2.45) is 0 Å². The zero-order chi connectivity index (χ0) is 21.1. The number of nitrogen functional groups attached to an aromatic ring is 1. The monoisotopic (exact) mass is 398 g/mol. The summed E-state index contributed by atoms with van der Waals surface area (Å²) in [7, 11) is 0. The number of aryl methyl sites for hydroxylation is 3. The normalized spacial score (nSPS) is 12.1. The van der Waals surface area contributed by atoms with Crippen LogP contribution in [-0.2, 0) is 12.8 Å². The molecule has 5 nitrogen and oxygen atoms in total. The van der Waals surface area contributed by atoms with E-state index in [4.69, 9.17) is 15.2 Å². The number of hydrogen-bond acceptors (Lipinski definition) is 5. The predicted molar refractivity (Wildman–Crippen MR) is 118 cm³/mol. The first kappa shape index (κ1) is 19.8. The molecule has 0 fully saturated rings. The summed E-state index contributed by atoms with van der Waals surface area (Å²) >= 11 is 0. The largest absolute Gasteiger partial charge is 0.383 e. The van der Waals surface area contributed by atoms with E-state index in [0.717, 1.165) is 12.0 Å². The second kappa shape index (κ2) is 8.49. The minimum Gasteiger partial charge on any atom is -0.383 e. The quantitative estimate of drug-likeness (QED) is 0.498. The molecule has 2 N–H and O–H groups in total. The molecule has 0 aliphatic rings. The van der Waals surface area contributed by atoms with Crippen LogP contribution in [0.25, 0.3) is 0 Å². The number of nitrogens with zero attached hydrogens (tertiary/aromatic N) is 3. The number of rotatable bonds is 6. The van der Waals surface area contributed by atoms with E-state index in [9.17, 15) is 0 Å². The molecule has 0 radical (unpaired) electrons. The van der Waals surface area contributed by atoms with E-state index in [-0.39, 0.29) is 5.92 Å². The highest BCUT2D eigenvalue weighted by Crippen LogP contribution is 2.29. The number of benzene rings is 2. The van der Waals surface area contributed by atoms with Crippen LogP contribution in [0.2, 0.25) is 0 Å². The van der Waals surface area contributed by atoms with Gasteiger partial charge in [-0.05, 0) is 55.5 Å². The summed E-state index contributed by atoms with van der Waals surface area (Å²) in [5.41, 5.74) is 13.1. The molecule has 1 unspecified atom stereocenters. The molecule has 4 rings (SSSR count). The van der Waals surface area contributed by atoms with Crippen LogP contribution >= 0.6 is 0 Å². The highest BCUT2D eigenvalue weighted by molar-refractivity contribution is 5.40. The van der Waals surface area contributed by atoms with Gasteiger partial charge >= 0.3 is 0 Å². The van der Waals surface area contributed by atoms with Crippen LogP contribution in [0.1, 0.15) is 51.0 Å². The molecule has 4 aromatic rings. The predicted octanol–water partition coefficient (Wildman–Crippen LogP) is 4.94. The Morgan fingerprint density at radius 1 is 0.967 bits per heavy atom. The van der Waals surface area contributed by atoms with Gasteiger partial charge in [0.25, 0.3) is 0 Å². The Labute approximate surface area is 177 Å². The molecule has 1 atom stereocenters. The lowest BCUT2D eigenvalue weighted by atomic mass is 9.90. The van der Waals surface area contributed by atoms with Crippen molar-refractivity contribution in [1.29, 1.82) is 0 Å². The fourth-order valence-electron chi connectivity index (χ4n) is 3.65. The van der Waals surface area contributed by atoms with Gasteiger partial charge in [0.1, 0.15) is 5.82 Å². The third kappa shape index (κ3) is 4.40. The first-order valence-electron chi connectivity index (χ1n) is 10.1. The lowest BCUT2D eigenvalue weighted by Crippen LogP contribution is -2.07. The number of anilines is 1. The molecule has 0 spiro atoms. The third-order valence-corrected chi connectivity index (χ3v) is 5.51. The smallest absolute Gasteiger partial charge is 0.234 e. The minimum atomic E-state index is -0.0144. The molecule has 2 heterocycles. The summed E-state index contributed by atoms with van der Waals surface area (Å²) in [6.45, 7) is 6.37. The maximum Gasteiger partial charge on any atom is 0.234 e. The van der Waals surface area contributed by atoms with Crippen LogP contribution in [0.4, 0.5) is 5.82 Å². The van der Waals surface area contributed by atoms with Gasteiger partial charge in [0.05, 0.1) is 5.92 Å². The third-order valence-electron chi connectivity index (χ3n) is 5.51. The maximum atomic E-state index is 5.97. The Morgan fingerprint density at radius 3 is 2.60 bits per heavy atom. The summed E-state index contributed by atoms with van der Waals surface area (Å²) < 4.78 is 5.74. The van der Waals surface area contributed by atoms with Gasteiger partial charge in [-0.2, -0.15) is 4.98 Å². The zero-order valence-corrected chi connectivity index (χ0v) is 17.6. The van der Waals surface area contributed by atoms with E-state index in [1.165, 1.54) is 27.8 Å². The lowest BCUT2D eigenvalue weighted by Gasteiger charge is -2.15. The molecular weight excluding hydrogens is 372 g/mol. The minimum absolute atomic E-state index is 0.0144. The van der Waals surface area contributed by atoms with Gasteiger partial charge in [-0.25, -0.2) is 4.98 Å². The van der Waals surface area contributed by atoms with Gasteiger partial charge in [-0.3, -0.25) is 0 Å². The summed E-state index contributed by atoms with van der Waals surface area (Å²) in [6, 6.07) is 18.9. The number of pyridine rings is 1. The fraction of sp³-hybridized carbons (Fsp3) is 0.240. The fourth-order valence-corrected chi connectivity index (χ4v) is 3.65. The average Bonchev–Trinajstić information content (AvgIpc) is 3.19. The Kier molecular flexibility index (Phi) is 5.61. The number of aromatic nitrogens is 3. The van der Waals surface area contributed by atoms with Crippen LogP contribution in [0, 0.1) is 20.8 Å². The molecule has 0 amide bonds. The molecule has 0 aliphatic heterocycles. The van der Waals surface area contributed by atoms with Crippen molar-refractivity contribution in [2.75, 3.05) is 5.73 Å². The van der Waals surface area contributed by atoms with Crippen molar-refractivity contribution >= 4 is 5.82 Å². The van der Waals surface area contributed by atoms with Gasteiger partial charge in [-0.15, -0.1) is 0 Å². The molecule has 2 aromatic carbocycles. The lowest BCUT2D eigenvalue weighted by molar-refractivity contribution is 0.360. The van der Waals surface area contributed by atoms with Crippen LogP contribution in [-0.4, -0.2) is 15.1 Å². The van der Waals surface area contributed by atoms with Gasteiger partial charge in [0, 0.05) is 18.2 Å². The standard InChI is InChI=1S/C25H26N4O/c1-16-6-4-7-20(12-16)22(14-19-10-9-17(2)18(3)13-19)25-28-23(29-30-25)15-21-8-5-11-27-24(21)26/h4-13,22H,14-15H2,1-3H3,(H2,26,27). The second-order valence-electron chi connectivity index (χ2n) is 7.86. The molecule has 5 heteroatoms. The molecule has 152 valence electrons. The van der Waals surface area contributed by atoms with Crippen molar-refractivity contribution in [3.8, 4) is 0 Å². The first-order chi connectivity index (χ1) is 14.5. The van der Waals surface area contributed by atoms with E-state index in [0.29, 0.717) is 24.0 Å². The molecule has 2 aromatic heterocycles. The number of nitrogens with two attached hydrogens (primary N) is 1. The van der Waals surface area contributed by atoms with Crippen molar-refractivity contribution in [1.82, 2.24) is 15.1 Å². The second-order valence-corrected chi connectivity index (χ2v) is 7.86. The SMILES string of the molecule is Cc1cccc(C(Cc2ccc(C)c(C)c2)c2nc(Cc3cccnc3N)no2)c1. The Balaban J connectivity index is 1.66. The summed E-state index contributed by atoms with van der Waals surface area (Å²) in [6.07, 6.45) is 2.96. The van der Waals surface area contributed by atoms with E-state index in [2.05, 4.69) is 73.4 Å². The van der Waals surface area contributed by atoms with Crippen molar-refractivity contribution in [3.05, 3.63) is 106 Å². The Bertz CT molecular complexity index is 1170. The number of hydrogen-bond donors (Lipinski definition) is 1. The van der Waals surface area contributed by atoms with Crippen LogP contribution in [0.3, 0.4) is 0 Å². The topological polar surface area (TPSA) is 77.8 Å². The van der Waals surface area contributed by atoms with E-state index < -0.39 is 0 Å². The Hall–Kier alpha value is -3.47. The summed E-state index contributed by atoms with van der Waals surface area (Å²) in [5.74, 6) is 1.72. The van der Waals surface area contributed by atoms with Crippen molar-refractivity contribution < 1.29 is 4.52 Å². The van der Waals surface area contributed by atoms with Gasteiger partial charge < -0.3 is 10.3 Å². The van der Waals surface area contributed by atoms with E-state index in [1.54, 1.807) is 6.20 Å². The first-order valence-corrected chi connectivity index (χ1v) is 10.1. The average molecular weight is 399 g/mol. The van der Waals surface area contributed by atoms with Gasteiger partial charge in [0.15, 0.2) is 5.82 Å². The highest BCUT2D eigenvalue weighted by atomic mass is 16.5. The van der Waals surface area contributed by atoms with Crippen LogP contribution < -0.4 is 5.73 Å². The van der Waals surface area contributed by atoms with Crippen LogP contribution in [0.15, 0.2) is 65.3 Å². The van der Waals surface area contributed by atoms with Gasteiger partial charge in [-0.1, -0.05) is 59.3 Å². The highest BCUT2D eigenvalue weighted by Gasteiger charge is 2.22. The summed E-state index contributed by atoms with van der Waals surface area (Å²) in [4.78, 5) is 8.87. The molecule has 0 saturated carbocycles. The molecular formula is C25H26N4O. The van der Waals surface area contributed by atoms with Crippen molar-refractivity contribution in [2.45, 2.75) is 39.5 Å². The zero-order valence-electron chi connectivity index (χ0n) is 17.6. The molecule has 30 heavy (non-hydrogen) atoms. The molecule has 0 saturated heterocycles. The molecule has 0 aliphatic carbocycles.